The smallest absolute Gasteiger partial charge is 0.187 e. The van der Waals surface area contributed by atoms with Gasteiger partial charge in [-0.05, 0) is 17.4 Å². The second-order valence-electron chi connectivity index (χ2n) is 3.59. The predicted octanol–water partition coefficient (Wildman–Crippen LogP) is 3.01. The molecule has 2 aromatic rings. The Kier molecular flexibility index (Phi) is 4.12. The Morgan fingerprint density at radius 3 is 2.24 bits per heavy atom. The largest absolute Gasteiger partial charge is 0.380 e. The molecule has 0 aliphatic heterocycles. The van der Waals surface area contributed by atoms with Crippen LogP contribution in [0.4, 0.5) is 0 Å². The van der Waals surface area contributed by atoms with E-state index in [-0.39, 0.29) is 0 Å². The number of rotatable bonds is 4. The molecule has 88 valence electrons. The van der Waals surface area contributed by atoms with Gasteiger partial charge < -0.3 is 4.74 Å². The van der Waals surface area contributed by atoms with Crippen LogP contribution in [0.2, 0.25) is 0 Å². The molecule has 0 amide bonds. The summed E-state index contributed by atoms with van der Waals surface area (Å²) in [5.41, 5.74) is 3.32. The van der Waals surface area contributed by atoms with E-state index in [1.54, 1.807) is 18.9 Å². The van der Waals surface area contributed by atoms with E-state index >= 15 is 0 Å². The molecular formula is C13H14N2OS. The molecule has 1 aromatic heterocycles. The van der Waals surface area contributed by atoms with Gasteiger partial charge in [0.2, 0.25) is 0 Å². The lowest BCUT2D eigenvalue weighted by atomic mass is 10.1. The SMILES string of the molecule is COCc1ccc(-c2cnc(SC)nc2)cc1. The van der Waals surface area contributed by atoms with Crippen molar-refractivity contribution in [3.8, 4) is 11.1 Å². The molecule has 0 spiro atoms. The first-order chi connectivity index (χ1) is 8.33. The lowest BCUT2D eigenvalue weighted by Gasteiger charge is -2.03. The highest BCUT2D eigenvalue weighted by molar-refractivity contribution is 7.98. The third kappa shape index (κ3) is 3.05. The molecule has 0 aliphatic rings. The molecule has 2 rings (SSSR count). The predicted molar refractivity (Wildman–Crippen MR) is 70.0 cm³/mol. The second kappa shape index (κ2) is 5.80. The lowest BCUT2D eigenvalue weighted by Crippen LogP contribution is -1.89. The van der Waals surface area contributed by atoms with E-state index in [1.165, 1.54) is 0 Å². The van der Waals surface area contributed by atoms with E-state index in [4.69, 9.17) is 4.74 Å². The van der Waals surface area contributed by atoms with Crippen molar-refractivity contribution < 1.29 is 4.74 Å². The van der Waals surface area contributed by atoms with Gasteiger partial charge in [0.1, 0.15) is 0 Å². The number of hydrogen-bond acceptors (Lipinski definition) is 4. The van der Waals surface area contributed by atoms with E-state index in [1.807, 2.05) is 18.6 Å². The Hall–Kier alpha value is -1.39. The molecule has 3 nitrogen and oxygen atoms in total. The quantitative estimate of drug-likeness (QED) is 0.613. The normalized spacial score (nSPS) is 10.5. The molecule has 0 bridgehead atoms. The molecule has 4 heteroatoms. The van der Waals surface area contributed by atoms with Crippen LogP contribution >= 0.6 is 11.8 Å². The summed E-state index contributed by atoms with van der Waals surface area (Å²) in [7, 11) is 1.70. The third-order valence-corrected chi connectivity index (χ3v) is 2.98. The number of benzene rings is 1. The Balaban J connectivity index is 2.20. The molecule has 0 atom stereocenters. The third-order valence-electron chi connectivity index (χ3n) is 2.41. The number of methoxy groups -OCH3 is 1. The Morgan fingerprint density at radius 1 is 1.06 bits per heavy atom. The van der Waals surface area contributed by atoms with Crippen LogP contribution in [0, 0.1) is 0 Å². The van der Waals surface area contributed by atoms with Crippen LogP contribution < -0.4 is 0 Å². The number of thioether (sulfide) groups is 1. The number of nitrogens with zero attached hydrogens (tertiary/aromatic N) is 2. The molecule has 0 aliphatic carbocycles. The van der Waals surface area contributed by atoms with Crippen molar-refractivity contribution in [2.75, 3.05) is 13.4 Å². The van der Waals surface area contributed by atoms with Crippen LogP contribution in [0.5, 0.6) is 0 Å². The highest BCUT2D eigenvalue weighted by Gasteiger charge is 2.00. The summed E-state index contributed by atoms with van der Waals surface area (Å²) < 4.78 is 5.08. The van der Waals surface area contributed by atoms with Crippen molar-refractivity contribution in [1.82, 2.24) is 9.97 Å². The average Bonchev–Trinajstić information content (AvgIpc) is 2.40. The van der Waals surface area contributed by atoms with Crippen LogP contribution in [-0.2, 0) is 11.3 Å². The van der Waals surface area contributed by atoms with Crippen molar-refractivity contribution in [2.45, 2.75) is 11.8 Å². The zero-order chi connectivity index (χ0) is 12.1. The summed E-state index contributed by atoms with van der Waals surface area (Å²) in [5, 5.41) is 0.796. The van der Waals surface area contributed by atoms with Crippen molar-refractivity contribution in [1.29, 1.82) is 0 Å². The summed E-state index contributed by atoms with van der Waals surface area (Å²) in [6.45, 7) is 0.641. The molecule has 0 radical (unpaired) electrons. The lowest BCUT2D eigenvalue weighted by molar-refractivity contribution is 0.185. The van der Waals surface area contributed by atoms with Crippen molar-refractivity contribution >= 4 is 11.8 Å². The Morgan fingerprint density at radius 2 is 1.71 bits per heavy atom. The van der Waals surface area contributed by atoms with Gasteiger partial charge in [-0.3, -0.25) is 0 Å². The van der Waals surface area contributed by atoms with Crippen molar-refractivity contribution in [3.63, 3.8) is 0 Å². The topological polar surface area (TPSA) is 35.0 Å². The number of aromatic nitrogens is 2. The number of hydrogen-bond donors (Lipinski definition) is 0. The zero-order valence-corrected chi connectivity index (χ0v) is 10.7. The van der Waals surface area contributed by atoms with Gasteiger partial charge in [0.25, 0.3) is 0 Å². The van der Waals surface area contributed by atoms with Gasteiger partial charge in [0.15, 0.2) is 5.16 Å². The highest BCUT2D eigenvalue weighted by Crippen LogP contribution is 2.19. The van der Waals surface area contributed by atoms with E-state index in [0.29, 0.717) is 6.61 Å². The van der Waals surface area contributed by atoms with Gasteiger partial charge in [-0.1, -0.05) is 36.0 Å². The summed E-state index contributed by atoms with van der Waals surface area (Å²) >= 11 is 1.54. The van der Waals surface area contributed by atoms with Gasteiger partial charge in [0, 0.05) is 25.1 Å². The van der Waals surface area contributed by atoms with Gasteiger partial charge >= 0.3 is 0 Å². The first kappa shape index (κ1) is 12.1. The molecule has 0 N–H and O–H groups in total. The summed E-state index contributed by atoms with van der Waals surface area (Å²) in [6, 6.07) is 8.24. The van der Waals surface area contributed by atoms with Gasteiger partial charge in [0.05, 0.1) is 6.61 Å². The van der Waals surface area contributed by atoms with Gasteiger partial charge in [-0.2, -0.15) is 0 Å². The highest BCUT2D eigenvalue weighted by atomic mass is 32.2. The molecule has 1 heterocycles. The molecule has 1 aromatic carbocycles. The maximum Gasteiger partial charge on any atom is 0.187 e. The molecular weight excluding hydrogens is 232 g/mol. The maximum atomic E-state index is 5.08. The first-order valence-corrected chi connectivity index (χ1v) is 6.50. The second-order valence-corrected chi connectivity index (χ2v) is 4.36. The fourth-order valence-electron chi connectivity index (χ4n) is 1.53. The Labute approximate surface area is 105 Å². The van der Waals surface area contributed by atoms with Crippen molar-refractivity contribution in [3.05, 3.63) is 42.2 Å². The van der Waals surface area contributed by atoms with Crippen LogP contribution in [0.25, 0.3) is 11.1 Å². The zero-order valence-electron chi connectivity index (χ0n) is 9.88. The van der Waals surface area contributed by atoms with E-state index in [9.17, 15) is 0 Å². The minimum absolute atomic E-state index is 0.641. The first-order valence-electron chi connectivity index (χ1n) is 5.28. The minimum Gasteiger partial charge on any atom is -0.380 e. The van der Waals surface area contributed by atoms with Crippen LogP contribution in [0.1, 0.15) is 5.56 Å². The van der Waals surface area contributed by atoms with Crippen molar-refractivity contribution in [2.24, 2.45) is 0 Å². The molecule has 0 fully saturated rings. The summed E-state index contributed by atoms with van der Waals surface area (Å²) in [6.07, 6.45) is 5.67. The Bertz CT molecular complexity index is 468. The molecule has 0 saturated heterocycles. The van der Waals surface area contributed by atoms with E-state index < -0.39 is 0 Å². The maximum absolute atomic E-state index is 5.08. The summed E-state index contributed by atoms with van der Waals surface area (Å²) in [4.78, 5) is 8.52. The van der Waals surface area contributed by atoms with Crippen LogP contribution in [0.15, 0.2) is 41.8 Å². The average molecular weight is 246 g/mol. The van der Waals surface area contributed by atoms with Gasteiger partial charge in [-0.15, -0.1) is 0 Å². The molecule has 17 heavy (non-hydrogen) atoms. The fraction of sp³-hybridized carbons (Fsp3) is 0.231. The van der Waals surface area contributed by atoms with Crippen LogP contribution in [-0.4, -0.2) is 23.3 Å². The molecule has 0 saturated carbocycles. The minimum atomic E-state index is 0.641. The number of ether oxygens (including phenoxy) is 1. The van der Waals surface area contributed by atoms with E-state index in [0.717, 1.165) is 21.8 Å². The van der Waals surface area contributed by atoms with Gasteiger partial charge in [-0.25, -0.2) is 9.97 Å². The monoisotopic (exact) mass is 246 g/mol. The van der Waals surface area contributed by atoms with E-state index in [2.05, 4.69) is 34.2 Å². The standard InChI is InChI=1S/C13H14N2OS/c1-16-9-10-3-5-11(6-4-10)12-7-14-13(17-2)15-8-12/h3-8H,9H2,1-2H3. The molecule has 0 unspecified atom stereocenters. The fourth-order valence-corrected chi connectivity index (χ4v) is 1.85. The summed E-state index contributed by atoms with van der Waals surface area (Å²) in [5.74, 6) is 0. The van der Waals surface area contributed by atoms with Crippen LogP contribution in [0.3, 0.4) is 0 Å².